The van der Waals surface area contributed by atoms with Gasteiger partial charge in [-0.2, -0.15) is 5.10 Å². The first kappa shape index (κ1) is 13.4. The molecule has 1 aromatic rings. The lowest BCUT2D eigenvalue weighted by atomic mass is 9.95. The first-order valence-corrected chi connectivity index (χ1v) is 6.85. The van der Waals surface area contributed by atoms with Crippen LogP contribution in [0, 0.1) is 5.41 Å². The Hall–Kier alpha value is -1.59. The maximum atomic E-state index is 12.1. The fraction of sp³-hybridized carbons (Fsp3) is 0.429. The lowest BCUT2D eigenvalue weighted by Gasteiger charge is -2.17. The minimum Gasteiger partial charge on any atom is -0.272 e. The number of nitrogens with zero attached hydrogens (tertiary/aromatic N) is 3. The van der Waals surface area contributed by atoms with Crippen LogP contribution >= 0.6 is 11.6 Å². The normalized spacial score (nSPS) is 20.4. The van der Waals surface area contributed by atoms with Crippen LogP contribution in [0.3, 0.4) is 0 Å². The first-order chi connectivity index (χ1) is 9.38. The van der Waals surface area contributed by atoms with Crippen LogP contribution in [0.2, 0.25) is 5.02 Å². The number of hydrazone groups is 1. The van der Waals surface area contributed by atoms with E-state index >= 15 is 0 Å². The summed E-state index contributed by atoms with van der Waals surface area (Å²) in [5.41, 5.74) is 1.34. The molecule has 0 N–H and O–H groups in total. The van der Waals surface area contributed by atoms with E-state index in [1.165, 1.54) is 5.06 Å². The number of hydrogen-bond acceptors (Lipinski definition) is 4. The third kappa shape index (κ3) is 2.27. The molecule has 0 aliphatic carbocycles. The van der Waals surface area contributed by atoms with E-state index in [9.17, 15) is 4.79 Å². The highest BCUT2D eigenvalue weighted by Gasteiger charge is 2.40. The molecule has 1 amide bonds. The van der Waals surface area contributed by atoms with Crippen molar-refractivity contribution in [2.75, 3.05) is 11.6 Å². The fourth-order valence-electron chi connectivity index (χ4n) is 2.13. The Kier molecular flexibility index (Phi) is 2.99. The van der Waals surface area contributed by atoms with Crippen molar-refractivity contribution >= 4 is 29.0 Å². The Bertz CT molecular complexity index is 612. The van der Waals surface area contributed by atoms with Crippen molar-refractivity contribution in [1.29, 1.82) is 0 Å². The lowest BCUT2D eigenvalue weighted by molar-refractivity contribution is -0.165. The number of halogens is 1. The molecule has 2 heterocycles. The van der Waals surface area contributed by atoms with E-state index < -0.39 is 5.41 Å². The molecule has 0 aromatic heterocycles. The quantitative estimate of drug-likeness (QED) is 0.861. The summed E-state index contributed by atoms with van der Waals surface area (Å²) in [7, 11) is 0. The molecule has 20 heavy (non-hydrogen) atoms. The van der Waals surface area contributed by atoms with E-state index in [4.69, 9.17) is 16.4 Å². The summed E-state index contributed by atoms with van der Waals surface area (Å²) in [6.07, 6.45) is 0. The van der Waals surface area contributed by atoms with Crippen molar-refractivity contribution < 1.29 is 9.63 Å². The maximum absolute atomic E-state index is 12.1. The summed E-state index contributed by atoms with van der Waals surface area (Å²) in [5.74, 6) is 0.955. The van der Waals surface area contributed by atoms with Gasteiger partial charge in [0.25, 0.3) is 5.91 Å². The van der Waals surface area contributed by atoms with E-state index in [1.54, 1.807) is 0 Å². The molecular weight excluding hydrogens is 278 g/mol. The van der Waals surface area contributed by atoms with Crippen LogP contribution in [0.5, 0.6) is 0 Å². The molecule has 1 fully saturated rings. The highest BCUT2D eigenvalue weighted by molar-refractivity contribution is 6.31. The second-order valence-electron chi connectivity index (χ2n) is 5.73. The van der Waals surface area contributed by atoms with Gasteiger partial charge in [-0.25, -0.2) is 10.1 Å². The molecule has 0 spiro atoms. The zero-order valence-electron chi connectivity index (χ0n) is 11.7. The Balaban J connectivity index is 1.74. The molecule has 5 nitrogen and oxygen atoms in total. The van der Waals surface area contributed by atoms with Gasteiger partial charge in [0, 0.05) is 5.02 Å². The molecular formula is C14H16ClN3O2. The number of anilines is 1. The van der Waals surface area contributed by atoms with Crippen LogP contribution in [0.15, 0.2) is 23.3 Å². The van der Waals surface area contributed by atoms with Crippen LogP contribution in [0.25, 0.3) is 0 Å². The Morgan fingerprint density at radius 2 is 2.15 bits per heavy atom. The average molecular weight is 294 g/mol. The highest BCUT2D eigenvalue weighted by Crippen LogP contribution is 2.32. The molecule has 3 rings (SSSR count). The minimum atomic E-state index is -0.461. The topological polar surface area (TPSA) is 44.9 Å². The summed E-state index contributed by atoms with van der Waals surface area (Å²) in [4.78, 5) is 17.5. The van der Waals surface area contributed by atoms with Crippen molar-refractivity contribution in [1.82, 2.24) is 5.06 Å². The van der Waals surface area contributed by atoms with Gasteiger partial charge in [-0.3, -0.25) is 9.63 Å². The smallest absolute Gasteiger partial charge is 0.254 e. The molecule has 0 bridgehead atoms. The Labute approximate surface area is 122 Å². The summed E-state index contributed by atoms with van der Waals surface area (Å²) < 4.78 is 0. The van der Waals surface area contributed by atoms with Gasteiger partial charge in [-0.15, -0.1) is 0 Å². The fourth-order valence-corrected chi connectivity index (χ4v) is 2.37. The van der Waals surface area contributed by atoms with Crippen LogP contribution in [0.1, 0.15) is 26.3 Å². The molecule has 0 atom stereocenters. The number of carbonyl (C=O) groups excluding carboxylic acids is 1. The van der Waals surface area contributed by atoms with Gasteiger partial charge in [0.2, 0.25) is 0 Å². The summed E-state index contributed by atoms with van der Waals surface area (Å²) in [5, 5.41) is 7.95. The average Bonchev–Trinajstić information content (AvgIpc) is 3.06. The number of hydrogen-bond donors (Lipinski definition) is 0. The molecule has 106 valence electrons. The second kappa shape index (κ2) is 4.46. The van der Waals surface area contributed by atoms with Gasteiger partial charge in [-0.1, -0.05) is 17.7 Å². The molecule has 0 saturated carbocycles. The first-order valence-electron chi connectivity index (χ1n) is 6.47. The number of benzene rings is 1. The number of hydroxylamine groups is 2. The van der Waals surface area contributed by atoms with Gasteiger partial charge in [0.05, 0.1) is 24.3 Å². The van der Waals surface area contributed by atoms with Crippen molar-refractivity contribution in [3.63, 3.8) is 0 Å². The number of carbonyl (C=O) groups is 1. The Morgan fingerprint density at radius 1 is 1.45 bits per heavy atom. The lowest BCUT2D eigenvalue weighted by Crippen LogP contribution is -2.30. The van der Waals surface area contributed by atoms with Gasteiger partial charge in [0.1, 0.15) is 5.84 Å². The van der Waals surface area contributed by atoms with E-state index in [2.05, 4.69) is 5.10 Å². The van der Waals surface area contributed by atoms with Crippen LogP contribution < -0.4 is 5.01 Å². The molecule has 2 aliphatic rings. The van der Waals surface area contributed by atoms with Crippen LogP contribution in [-0.4, -0.2) is 23.4 Å². The zero-order chi connectivity index (χ0) is 14.5. The van der Waals surface area contributed by atoms with Crippen molar-refractivity contribution in [3.8, 4) is 0 Å². The summed E-state index contributed by atoms with van der Waals surface area (Å²) in [6, 6.07) is 5.69. The summed E-state index contributed by atoms with van der Waals surface area (Å²) in [6.45, 7) is 6.45. The van der Waals surface area contributed by atoms with Crippen molar-refractivity contribution in [2.45, 2.75) is 27.3 Å². The number of amidine groups is 1. The molecule has 0 radical (unpaired) electrons. The van der Waals surface area contributed by atoms with E-state index in [-0.39, 0.29) is 5.91 Å². The number of amides is 1. The third-order valence-electron chi connectivity index (χ3n) is 3.49. The largest absolute Gasteiger partial charge is 0.272 e. The van der Waals surface area contributed by atoms with Crippen molar-refractivity contribution in [2.24, 2.45) is 10.5 Å². The van der Waals surface area contributed by atoms with E-state index in [0.29, 0.717) is 18.2 Å². The molecule has 1 saturated heterocycles. The molecule has 6 heteroatoms. The van der Waals surface area contributed by atoms with Gasteiger partial charge < -0.3 is 0 Å². The molecule has 0 unspecified atom stereocenters. The van der Waals surface area contributed by atoms with E-state index in [1.807, 2.05) is 44.0 Å². The third-order valence-corrected chi connectivity index (χ3v) is 3.85. The molecule has 1 aromatic carbocycles. The van der Waals surface area contributed by atoms with Crippen molar-refractivity contribution in [3.05, 3.63) is 28.8 Å². The Morgan fingerprint density at radius 3 is 2.65 bits per heavy atom. The number of rotatable bonds is 3. The van der Waals surface area contributed by atoms with E-state index in [0.717, 1.165) is 17.1 Å². The zero-order valence-corrected chi connectivity index (χ0v) is 12.4. The SMILES string of the molecule is CC1=NN1c1ccc(CN2OCC(C)(C)C2=O)c(Cl)c1. The van der Waals surface area contributed by atoms with Gasteiger partial charge >= 0.3 is 0 Å². The molecule has 2 aliphatic heterocycles. The summed E-state index contributed by atoms with van der Waals surface area (Å²) >= 11 is 6.28. The van der Waals surface area contributed by atoms with Gasteiger partial charge in [0.15, 0.2) is 0 Å². The predicted octanol–water partition coefficient (Wildman–Crippen LogP) is 2.79. The van der Waals surface area contributed by atoms with Crippen LogP contribution in [0.4, 0.5) is 5.69 Å². The van der Waals surface area contributed by atoms with Crippen LogP contribution in [-0.2, 0) is 16.2 Å². The predicted molar refractivity (Wildman–Crippen MR) is 77.3 cm³/mol. The minimum absolute atomic E-state index is 0.0113. The maximum Gasteiger partial charge on any atom is 0.254 e. The highest BCUT2D eigenvalue weighted by atomic mass is 35.5. The standard InChI is InChI=1S/C14H16ClN3O2/c1-9-16-18(9)11-5-4-10(12(15)6-11)7-17-13(19)14(2,3)8-20-17/h4-6H,7-8H2,1-3H3. The monoisotopic (exact) mass is 293 g/mol. The second-order valence-corrected chi connectivity index (χ2v) is 6.14. The van der Waals surface area contributed by atoms with Gasteiger partial charge in [-0.05, 0) is 38.5 Å².